The van der Waals surface area contributed by atoms with E-state index in [1.54, 1.807) is 0 Å². The molecule has 3 aromatic heterocycles. The zero-order chi connectivity index (χ0) is 13.7. The van der Waals surface area contributed by atoms with Gasteiger partial charge >= 0.3 is 0 Å². The van der Waals surface area contributed by atoms with Gasteiger partial charge in [-0.05, 0) is 38.1 Å². The van der Waals surface area contributed by atoms with Gasteiger partial charge in [0, 0.05) is 25.1 Å². The van der Waals surface area contributed by atoms with Gasteiger partial charge in [-0.25, -0.2) is 0 Å². The highest BCUT2D eigenvalue weighted by atomic mass is 32.1. The van der Waals surface area contributed by atoms with Gasteiger partial charge in [0.1, 0.15) is 5.69 Å². The highest BCUT2D eigenvalue weighted by Gasteiger charge is 2.24. The van der Waals surface area contributed by atoms with Crippen LogP contribution >= 0.6 is 34.0 Å². The molecule has 4 heterocycles. The van der Waals surface area contributed by atoms with Gasteiger partial charge in [0.15, 0.2) is 0 Å². The van der Waals surface area contributed by atoms with Crippen LogP contribution < -0.4 is 0 Å². The lowest BCUT2D eigenvalue weighted by Crippen LogP contribution is -1.74. The van der Waals surface area contributed by atoms with Crippen molar-refractivity contribution in [3.8, 4) is 19.5 Å². The summed E-state index contributed by atoms with van der Waals surface area (Å²) in [4.78, 5) is 7.97. The molecule has 0 radical (unpaired) electrons. The van der Waals surface area contributed by atoms with Crippen molar-refractivity contribution < 1.29 is 0 Å². The Morgan fingerprint density at radius 2 is 1.50 bits per heavy atom. The smallest absolute Gasteiger partial charge is 0.110 e. The van der Waals surface area contributed by atoms with Crippen molar-refractivity contribution in [1.82, 2.24) is 0 Å². The van der Waals surface area contributed by atoms with Crippen molar-refractivity contribution in [2.45, 2.75) is 20.4 Å². The minimum atomic E-state index is 0.725. The normalized spacial score (nSPS) is 13.1. The Morgan fingerprint density at radius 3 is 2.10 bits per heavy atom. The molecule has 0 N–H and O–H groups in total. The van der Waals surface area contributed by atoms with Gasteiger partial charge in [0.2, 0.25) is 0 Å². The number of hydrogen-bond donors (Lipinski definition) is 0. The second-order valence-corrected chi connectivity index (χ2v) is 8.40. The molecule has 0 spiro atoms. The Bertz CT molecular complexity index is 820. The third-order valence-electron chi connectivity index (χ3n) is 3.31. The van der Waals surface area contributed by atoms with Crippen LogP contribution in [-0.2, 0) is 6.54 Å². The fourth-order valence-corrected chi connectivity index (χ4v) is 5.59. The first-order valence-corrected chi connectivity index (χ1v) is 8.84. The predicted octanol–water partition coefficient (Wildman–Crippen LogP) is 6.42. The lowest BCUT2D eigenvalue weighted by molar-refractivity contribution is 1.04. The average molecular weight is 316 g/mol. The van der Waals surface area contributed by atoms with Crippen LogP contribution in [0.1, 0.15) is 15.3 Å². The maximum atomic E-state index is 4.38. The minimum Gasteiger partial charge on any atom is -0.184 e. The molecule has 0 saturated carbocycles. The van der Waals surface area contributed by atoms with Gasteiger partial charge in [-0.1, -0.05) is 0 Å². The maximum absolute atomic E-state index is 4.38. The summed E-state index contributed by atoms with van der Waals surface area (Å²) in [5.41, 5.74) is 2.40. The summed E-state index contributed by atoms with van der Waals surface area (Å²) in [7, 11) is 0. The van der Waals surface area contributed by atoms with Crippen molar-refractivity contribution in [1.29, 1.82) is 0 Å². The monoisotopic (exact) mass is 316 g/mol. The largest absolute Gasteiger partial charge is 0.184 e. The number of rotatable bonds is 2. The second kappa shape index (κ2) is 4.62. The number of nitrogens with zero attached hydrogens (tertiary/aromatic N) is 2. The fourth-order valence-electron chi connectivity index (χ4n) is 2.36. The summed E-state index contributed by atoms with van der Waals surface area (Å²) in [6.07, 6.45) is 0. The van der Waals surface area contributed by atoms with E-state index in [1.807, 2.05) is 34.0 Å². The molecule has 0 unspecified atom stereocenters. The molecular formula is C15H12N2S3. The van der Waals surface area contributed by atoms with E-state index in [0.717, 1.165) is 12.2 Å². The van der Waals surface area contributed by atoms with Gasteiger partial charge < -0.3 is 0 Å². The summed E-state index contributed by atoms with van der Waals surface area (Å²) in [5, 5.41) is 8.62. The Kier molecular flexibility index (Phi) is 2.87. The molecule has 0 aliphatic carbocycles. The number of hydrogen-bond acceptors (Lipinski definition) is 5. The standard InChI is InChI=1S/C15H12N2S3/c1-8-3-5-11(18-8)14-10-7-16-17-13(10)15(20-14)12-6-4-9(2)19-12/h3-6H,7H2,1-2H3. The number of azo groups is 1. The molecule has 0 saturated heterocycles. The molecule has 20 heavy (non-hydrogen) atoms. The van der Waals surface area contributed by atoms with Crippen LogP contribution in [-0.4, -0.2) is 0 Å². The van der Waals surface area contributed by atoms with Crippen molar-refractivity contribution >= 4 is 39.7 Å². The maximum Gasteiger partial charge on any atom is 0.110 e. The molecule has 5 heteroatoms. The van der Waals surface area contributed by atoms with Gasteiger partial charge in [-0.2, -0.15) is 10.2 Å². The number of aryl methyl sites for hydroxylation is 2. The Balaban J connectivity index is 1.91. The molecule has 2 nitrogen and oxygen atoms in total. The fraction of sp³-hybridized carbons (Fsp3) is 0.200. The summed E-state index contributed by atoms with van der Waals surface area (Å²) in [6, 6.07) is 8.77. The summed E-state index contributed by atoms with van der Waals surface area (Å²) in [6.45, 7) is 5.02. The van der Waals surface area contributed by atoms with Crippen molar-refractivity contribution in [3.05, 3.63) is 39.6 Å². The van der Waals surface area contributed by atoms with Gasteiger partial charge in [-0.15, -0.1) is 34.0 Å². The topological polar surface area (TPSA) is 24.7 Å². The van der Waals surface area contributed by atoms with E-state index in [-0.39, 0.29) is 0 Å². The zero-order valence-corrected chi connectivity index (χ0v) is 13.6. The third kappa shape index (κ3) is 1.89. The van der Waals surface area contributed by atoms with E-state index in [9.17, 15) is 0 Å². The molecule has 100 valence electrons. The predicted molar refractivity (Wildman–Crippen MR) is 88.6 cm³/mol. The lowest BCUT2D eigenvalue weighted by atomic mass is 10.2. The molecule has 0 amide bonds. The summed E-state index contributed by atoms with van der Waals surface area (Å²) in [5.74, 6) is 0. The van der Waals surface area contributed by atoms with E-state index < -0.39 is 0 Å². The Labute approximate surface area is 129 Å². The second-order valence-electron chi connectivity index (χ2n) is 4.81. The highest BCUT2D eigenvalue weighted by Crippen LogP contribution is 2.52. The van der Waals surface area contributed by atoms with Gasteiger partial charge in [0.05, 0.1) is 16.3 Å². The highest BCUT2D eigenvalue weighted by molar-refractivity contribution is 7.27. The molecule has 0 bridgehead atoms. The van der Waals surface area contributed by atoms with Crippen LogP contribution in [0.25, 0.3) is 19.5 Å². The molecular weight excluding hydrogens is 304 g/mol. The SMILES string of the molecule is Cc1ccc(-c2sc(-c3ccc(C)s3)c3c2CN=N3)s1. The molecule has 0 atom stereocenters. The van der Waals surface area contributed by atoms with Crippen LogP contribution in [0.2, 0.25) is 0 Å². The van der Waals surface area contributed by atoms with Gasteiger partial charge in [-0.3, -0.25) is 0 Å². The molecule has 0 fully saturated rings. The van der Waals surface area contributed by atoms with Crippen LogP contribution in [0, 0.1) is 13.8 Å². The first kappa shape index (κ1) is 12.4. The van der Waals surface area contributed by atoms with Crippen LogP contribution in [0.5, 0.6) is 0 Å². The summed E-state index contributed by atoms with van der Waals surface area (Å²) < 4.78 is 0. The molecule has 0 aromatic carbocycles. The van der Waals surface area contributed by atoms with E-state index in [4.69, 9.17) is 0 Å². The van der Waals surface area contributed by atoms with Crippen LogP contribution in [0.3, 0.4) is 0 Å². The van der Waals surface area contributed by atoms with Crippen molar-refractivity contribution in [2.24, 2.45) is 10.2 Å². The first-order chi connectivity index (χ1) is 9.72. The molecule has 3 aromatic rings. The molecule has 4 rings (SSSR count). The summed E-state index contributed by atoms with van der Waals surface area (Å²) >= 11 is 5.55. The molecule has 1 aliphatic heterocycles. The molecule has 1 aliphatic rings. The quantitative estimate of drug-likeness (QED) is 0.521. The third-order valence-corrected chi connectivity index (χ3v) is 6.89. The number of thiophene rings is 3. The Hall–Kier alpha value is -1.30. The van der Waals surface area contributed by atoms with Crippen molar-refractivity contribution in [2.75, 3.05) is 0 Å². The van der Waals surface area contributed by atoms with E-state index in [1.165, 1.54) is 34.8 Å². The van der Waals surface area contributed by atoms with Gasteiger partial charge in [0.25, 0.3) is 0 Å². The van der Waals surface area contributed by atoms with Crippen molar-refractivity contribution in [3.63, 3.8) is 0 Å². The van der Waals surface area contributed by atoms with Crippen LogP contribution in [0.15, 0.2) is 34.5 Å². The van der Waals surface area contributed by atoms with E-state index >= 15 is 0 Å². The lowest BCUT2D eigenvalue weighted by Gasteiger charge is -1.94. The zero-order valence-electron chi connectivity index (χ0n) is 11.1. The average Bonchev–Trinajstić information content (AvgIpc) is 3.12. The van der Waals surface area contributed by atoms with Crippen LogP contribution in [0.4, 0.5) is 5.69 Å². The Morgan fingerprint density at radius 1 is 0.850 bits per heavy atom. The van der Waals surface area contributed by atoms with E-state index in [2.05, 4.69) is 48.3 Å². The van der Waals surface area contributed by atoms with E-state index in [0.29, 0.717) is 0 Å². The first-order valence-electron chi connectivity index (χ1n) is 6.39. The number of fused-ring (bicyclic) bond motifs is 1. The minimum absolute atomic E-state index is 0.725.